The fraction of sp³-hybridized carbons (Fsp3) is 0.0588. The zero-order chi connectivity index (χ0) is 16.4. The number of rotatable bonds is 3. The maximum atomic E-state index is 12.4. The first-order valence-corrected chi connectivity index (χ1v) is 8.41. The number of hydrogen-bond donors (Lipinski definition) is 1. The molecule has 0 unspecified atom stereocenters. The standard InChI is InChI=1S/C17H12Cl2N2OS/c1-10-15(11-6-3-2-4-7-11)20-17(23-10)21-16(22)14-12(18)8-5-9-13(14)19/h2-9H,1H3,(H,20,21,22). The minimum absolute atomic E-state index is 0.255. The summed E-state index contributed by atoms with van der Waals surface area (Å²) in [6.07, 6.45) is 0. The number of anilines is 1. The van der Waals surface area contributed by atoms with Crippen molar-refractivity contribution in [3.63, 3.8) is 0 Å². The summed E-state index contributed by atoms with van der Waals surface area (Å²) in [6.45, 7) is 1.97. The van der Waals surface area contributed by atoms with Crippen LogP contribution in [0, 0.1) is 6.92 Å². The van der Waals surface area contributed by atoms with Gasteiger partial charge in [-0.1, -0.05) is 59.6 Å². The van der Waals surface area contributed by atoms with Crippen molar-refractivity contribution in [3.05, 3.63) is 69.0 Å². The van der Waals surface area contributed by atoms with Crippen LogP contribution in [0.25, 0.3) is 11.3 Å². The Morgan fingerprint density at radius 1 is 1.04 bits per heavy atom. The molecule has 116 valence electrons. The fourth-order valence-electron chi connectivity index (χ4n) is 2.19. The van der Waals surface area contributed by atoms with Gasteiger partial charge < -0.3 is 0 Å². The molecule has 0 bridgehead atoms. The number of amides is 1. The number of halogens is 2. The Morgan fingerprint density at radius 3 is 2.35 bits per heavy atom. The van der Waals surface area contributed by atoms with Crippen LogP contribution in [0.1, 0.15) is 15.2 Å². The molecule has 1 aromatic heterocycles. The van der Waals surface area contributed by atoms with E-state index in [0.29, 0.717) is 15.2 Å². The summed E-state index contributed by atoms with van der Waals surface area (Å²) in [5.41, 5.74) is 2.12. The first kappa shape index (κ1) is 16.0. The minimum Gasteiger partial charge on any atom is -0.298 e. The smallest absolute Gasteiger partial charge is 0.260 e. The molecule has 0 saturated heterocycles. The molecule has 0 saturated carbocycles. The quantitative estimate of drug-likeness (QED) is 0.651. The second-order valence-electron chi connectivity index (χ2n) is 4.84. The maximum absolute atomic E-state index is 12.4. The lowest BCUT2D eigenvalue weighted by Crippen LogP contribution is -2.12. The summed E-state index contributed by atoms with van der Waals surface area (Å²) in [5.74, 6) is -0.367. The normalized spacial score (nSPS) is 10.6. The van der Waals surface area contributed by atoms with Gasteiger partial charge in [-0.05, 0) is 19.1 Å². The van der Waals surface area contributed by atoms with Crippen LogP contribution in [-0.4, -0.2) is 10.9 Å². The number of thiazole rings is 1. The lowest BCUT2D eigenvalue weighted by atomic mass is 10.1. The van der Waals surface area contributed by atoms with Crippen LogP contribution in [-0.2, 0) is 0 Å². The number of aromatic nitrogens is 1. The summed E-state index contributed by atoms with van der Waals surface area (Å²) in [7, 11) is 0. The van der Waals surface area contributed by atoms with Crippen LogP contribution >= 0.6 is 34.5 Å². The summed E-state index contributed by atoms with van der Waals surface area (Å²) in [4.78, 5) is 17.9. The van der Waals surface area contributed by atoms with Crippen molar-refractivity contribution in [1.29, 1.82) is 0 Å². The highest BCUT2D eigenvalue weighted by Gasteiger charge is 2.17. The number of carbonyl (C=O) groups excluding carboxylic acids is 1. The Kier molecular flexibility index (Phi) is 4.66. The number of nitrogens with zero attached hydrogens (tertiary/aromatic N) is 1. The van der Waals surface area contributed by atoms with Crippen LogP contribution in [0.3, 0.4) is 0 Å². The van der Waals surface area contributed by atoms with Gasteiger partial charge in [0.1, 0.15) is 0 Å². The van der Waals surface area contributed by atoms with Crippen LogP contribution in [0.15, 0.2) is 48.5 Å². The molecule has 6 heteroatoms. The van der Waals surface area contributed by atoms with E-state index in [1.54, 1.807) is 18.2 Å². The molecule has 0 atom stereocenters. The summed E-state index contributed by atoms with van der Waals surface area (Å²) in [5, 5.41) is 3.91. The molecular weight excluding hydrogens is 351 g/mol. The van der Waals surface area contributed by atoms with Crippen LogP contribution in [0.5, 0.6) is 0 Å². The highest BCUT2D eigenvalue weighted by Crippen LogP contribution is 2.31. The van der Waals surface area contributed by atoms with E-state index in [1.165, 1.54) is 11.3 Å². The predicted octanol–water partition coefficient (Wildman–Crippen LogP) is 5.68. The van der Waals surface area contributed by atoms with Gasteiger partial charge in [0.2, 0.25) is 0 Å². The largest absolute Gasteiger partial charge is 0.298 e. The molecule has 1 heterocycles. The van der Waals surface area contributed by atoms with Crippen molar-refractivity contribution in [2.45, 2.75) is 6.92 Å². The Balaban J connectivity index is 1.88. The minimum atomic E-state index is -0.367. The van der Waals surface area contributed by atoms with E-state index in [-0.39, 0.29) is 11.5 Å². The topological polar surface area (TPSA) is 42.0 Å². The van der Waals surface area contributed by atoms with Crippen LogP contribution < -0.4 is 5.32 Å². The highest BCUT2D eigenvalue weighted by atomic mass is 35.5. The Morgan fingerprint density at radius 2 is 1.70 bits per heavy atom. The molecule has 2 aromatic carbocycles. The van der Waals surface area contributed by atoms with Crippen molar-refractivity contribution in [2.24, 2.45) is 0 Å². The van der Waals surface area contributed by atoms with Gasteiger partial charge >= 0.3 is 0 Å². The monoisotopic (exact) mass is 362 g/mol. The lowest BCUT2D eigenvalue weighted by molar-refractivity contribution is 0.102. The molecule has 0 radical (unpaired) electrons. The van der Waals surface area contributed by atoms with E-state index in [0.717, 1.165) is 16.1 Å². The number of hydrogen-bond acceptors (Lipinski definition) is 3. The number of aryl methyl sites for hydroxylation is 1. The summed E-state index contributed by atoms with van der Waals surface area (Å²) >= 11 is 13.5. The molecule has 0 aliphatic carbocycles. The molecular formula is C17H12Cl2N2OS. The van der Waals surface area contributed by atoms with E-state index in [2.05, 4.69) is 10.3 Å². The first-order valence-electron chi connectivity index (χ1n) is 6.84. The van der Waals surface area contributed by atoms with Gasteiger partial charge in [-0.15, -0.1) is 11.3 Å². The second kappa shape index (κ2) is 6.71. The van der Waals surface area contributed by atoms with E-state index >= 15 is 0 Å². The van der Waals surface area contributed by atoms with Gasteiger partial charge in [-0.3, -0.25) is 10.1 Å². The van der Waals surface area contributed by atoms with Crippen molar-refractivity contribution in [3.8, 4) is 11.3 Å². The van der Waals surface area contributed by atoms with E-state index < -0.39 is 0 Å². The average Bonchev–Trinajstić information content (AvgIpc) is 2.88. The van der Waals surface area contributed by atoms with Crippen molar-refractivity contribution in [1.82, 2.24) is 4.98 Å². The van der Waals surface area contributed by atoms with E-state index in [1.807, 2.05) is 37.3 Å². The van der Waals surface area contributed by atoms with E-state index in [9.17, 15) is 4.79 Å². The molecule has 1 amide bonds. The van der Waals surface area contributed by atoms with Gasteiger partial charge in [0, 0.05) is 10.4 Å². The molecule has 0 aliphatic heterocycles. The molecule has 3 nitrogen and oxygen atoms in total. The van der Waals surface area contributed by atoms with Gasteiger partial charge in [-0.2, -0.15) is 0 Å². The van der Waals surface area contributed by atoms with Gasteiger partial charge in [0.05, 0.1) is 21.3 Å². The number of carbonyl (C=O) groups is 1. The Hall–Kier alpha value is -1.88. The number of nitrogens with one attached hydrogen (secondary N) is 1. The third-order valence-corrected chi connectivity index (χ3v) is 4.77. The zero-order valence-corrected chi connectivity index (χ0v) is 14.5. The SMILES string of the molecule is Cc1sc(NC(=O)c2c(Cl)cccc2Cl)nc1-c1ccccc1. The summed E-state index contributed by atoms with van der Waals surface area (Å²) < 4.78 is 0. The molecule has 23 heavy (non-hydrogen) atoms. The fourth-order valence-corrected chi connectivity index (χ4v) is 3.59. The van der Waals surface area contributed by atoms with Gasteiger partial charge in [0.15, 0.2) is 5.13 Å². The average molecular weight is 363 g/mol. The van der Waals surface area contributed by atoms with Crippen molar-refractivity contribution < 1.29 is 4.79 Å². The van der Waals surface area contributed by atoms with Crippen molar-refractivity contribution >= 4 is 45.6 Å². The number of benzene rings is 2. The lowest BCUT2D eigenvalue weighted by Gasteiger charge is -2.05. The van der Waals surface area contributed by atoms with Crippen LogP contribution in [0.2, 0.25) is 10.0 Å². The van der Waals surface area contributed by atoms with Crippen LogP contribution in [0.4, 0.5) is 5.13 Å². The Bertz CT molecular complexity index is 842. The molecule has 1 N–H and O–H groups in total. The molecule has 3 aromatic rings. The molecule has 3 rings (SSSR count). The van der Waals surface area contributed by atoms with Gasteiger partial charge in [0.25, 0.3) is 5.91 Å². The highest BCUT2D eigenvalue weighted by molar-refractivity contribution is 7.16. The maximum Gasteiger partial charge on any atom is 0.260 e. The zero-order valence-electron chi connectivity index (χ0n) is 12.1. The molecule has 0 aliphatic rings. The van der Waals surface area contributed by atoms with Crippen molar-refractivity contribution in [2.75, 3.05) is 5.32 Å². The molecule has 0 spiro atoms. The first-order chi connectivity index (χ1) is 11.1. The molecule has 0 fully saturated rings. The van der Waals surface area contributed by atoms with E-state index in [4.69, 9.17) is 23.2 Å². The van der Waals surface area contributed by atoms with Gasteiger partial charge in [-0.25, -0.2) is 4.98 Å². The predicted molar refractivity (Wildman–Crippen MR) is 96.7 cm³/mol. The third kappa shape index (κ3) is 3.39. The second-order valence-corrected chi connectivity index (χ2v) is 6.86. The Labute approximate surface area is 147 Å². The third-order valence-electron chi connectivity index (χ3n) is 3.25. The summed E-state index contributed by atoms with van der Waals surface area (Å²) in [6, 6.07) is 14.8.